The molecule has 0 spiro atoms. The molecular weight excluding hydrogens is 384 g/mol. The zero-order valence-electron chi connectivity index (χ0n) is 17.9. The molecule has 0 aromatic heterocycles. The Morgan fingerprint density at radius 2 is 1.32 bits per heavy atom. The lowest BCUT2D eigenvalue weighted by Crippen LogP contribution is -2.02. The Morgan fingerprint density at radius 3 is 1.87 bits per heavy atom. The summed E-state index contributed by atoms with van der Waals surface area (Å²) in [5.74, 6) is 1.69. The molecule has 0 fully saturated rings. The van der Waals surface area contributed by atoms with Crippen LogP contribution >= 0.6 is 0 Å². The summed E-state index contributed by atoms with van der Waals surface area (Å²) in [6.07, 6.45) is 5.25. The highest BCUT2D eigenvalue weighted by Gasteiger charge is 2.00. The molecule has 3 rings (SSSR count). The van der Waals surface area contributed by atoms with Crippen molar-refractivity contribution < 1.29 is 14.3 Å². The summed E-state index contributed by atoms with van der Waals surface area (Å²) in [5, 5.41) is 0. The molecule has 0 heterocycles. The highest BCUT2D eigenvalue weighted by molar-refractivity contribution is 6.06. The van der Waals surface area contributed by atoms with Crippen molar-refractivity contribution in [3.63, 3.8) is 0 Å². The van der Waals surface area contributed by atoms with Gasteiger partial charge in [0.05, 0.1) is 13.2 Å². The smallest absolute Gasteiger partial charge is 0.185 e. The van der Waals surface area contributed by atoms with E-state index in [1.165, 1.54) is 0 Å². The second-order valence-corrected chi connectivity index (χ2v) is 7.34. The van der Waals surface area contributed by atoms with Crippen LogP contribution in [-0.2, 0) is 0 Å². The van der Waals surface area contributed by atoms with Crippen LogP contribution in [-0.4, -0.2) is 19.0 Å². The molecule has 0 aliphatic rings. The lowest BCUT2D eigenvalue weighted by atomic mass is 10.1. The van der Waals surface area contributed by atoms with Crippen molar-refractivity contribution in [2.45, 2.75) is 19.8 Å². The Labute approximate surface area is 184 Å². The predicted molar refractivity (Wildman–Crippen MR) is 128 cm³/mol. The quantitative estimate of drug-likeness (QED) is 0.196. The lowest BCUT2D eigenvalue weighted by molar-refractivity contribution is 0.104. The Kier molecular flexibility index (Phi) is 8.24. The number of rotatable bonds is 11. The van der Waals surface area contributed by atoms with E-state index in [9.17, 15) is 4.79 Å². The lowest BCUT2D eigenvalue weighted by Gasteiger charge is -2.08. The monoisotopic (exact) mass is 412 g/mol. The molecule has 0 aliphatic heterocycles. The van der Waals surface area contributed by atoms with Gasteiger partial charge >= 0.3 is 0 Å². The van der Waals surface area contributed by atoms with Crippen LogP contribution in [0.4, 0.5) is 0 Å². The highest BCUT2D eigenvalue weighted by Crippen LogP contribution is 2.18. The number of ether oxygens (including phenoxy) is 2. The van der Waals surface area contributed by atoms with Crippen LogP contribution in [0.5, 0.6) is 11.5 Å². The number of carbonyl (C=O) groups excluding carboxylic acids is 1. The molecule has 0 unspecified atom stereocenters. The minimum atomic E-state index is -0.00472. The summed E-state index contributed by atoms with van der Waals surface area (Å²) in [5.41, 5.74) is 3.83. The second kappa shape index (κ2) is 11.6. The van der Waals surface area contributed by atoms with Gasteiger partial charge in [0.1, 0.15) is 11.5 Å². The zero-order chi connectivity index (χ0) is 21.9. The molecule has 0 aliphatic carbocycles. The van der Waals surface area contributed by atoms with Crippen LogP contribution in [0.3, 0.4) is 0 Å². The van der Waals surface area contributed by atoms with Gasteiger partial charge in [0.15, 0.2) is 5.78 Å². The Morgan fingerprint density at radius 1 is 0.774 bits per heavy atom. The molecule has 3 heteroatoms. The first-order valence-electron chi connectivity index (χ1n) is 10.5. The van der Waals surface area contributed by atoms with Crippen molar-refractivity contribution in [2.24, 2.45) is 0 Å². The van der Waals surface area contributed by atoms with Crippen molar-refractivity contribution >= 4 is 17.4 Å². The number of benzene rings is 3. The van der Waals surface area contributed by atoms with E-state index in [2.05, 4.69) is 6.58 Å². The van der Waals surface area contributed by atoms with Crippen LogP contribution < -0.4 is 9.47 Å². The number of allylic oxidation sites excluding steroid dienone is 2. The average molecular weight is 413 g/mol. The molecule has 0 N–H and O–H groups in total. The van der Waals surface area contributed by atoms with Crippen LogP contribution in [0.15, 0.2) is 91.5 Å². The van der Waals surface area contributed by atoms with Gasteiger partial charge in [-0.05, 0) is 61.2 Å². The zero-order valence-corrected chi connectivity index (χ0v) is 17.9. The number of ketones is 1. The summed E-state index contributed by atoms with van der Waals surface area (Å²) in [7, 11) is 0. The van der Waals surface area contributed by atoms with E-state index in [1.54, 1.807) is 6.08 Å². The molecule has 0 amide bonds. The van der Waals surface area contributed by atoms with Crippen molar-refractivity contribution in [3.05, 3.63) is 108 Å². The van der Waals surface area contributed by atoms with Gasteiger partial charge in [-0.15, -0.1) is 0 Å². The Hall–Kier alpha value is -3.59. The number of hydrogen-bond acceptors (Lipinski definition) is 3. The average Bonchev–Trinajstić information content (AvgIpc) is 2.81. The van der Waals surface area contributed by atoms with Gasteiger partial charge in [-0.2, -0.15) is 0 Å². The number of hydrogen-bond donors (Lipinski definition) is 0. The van der Waals surface area contributed by atoms with Gasteiger partial charge in [-0.1, -0.05) is 72.8 Å². The van der Waals surface area contributed by atoms with Gasteiger partial charge in [0.2, 0.25) is 0 Å². The summed E-state index contributed by atoms with van der Waals surface area (Å²) in [4.78, 5) is 12.1. The van der Waals surface area contributed by atoms with Crippen molar-refractivity contribution in [2.75, 3.05) is 13.2 Å². The maximum Gasteiger partial charge on any atom is 0.185 e. The van der Waals surface area contributed by atoms with Crippen LogP contribution in [0.2, 0.25) is 0 Å². The minimum absolute atomic E-state index is 0.00472. The summed E-state index contributed by atoms with van der Waals surface area (Å²) in [6.45, 7) is 7.23. The van der Waals surface area contributed by atoms with E-state index in [4.69, 9.17) is 9.47 Å². The van der Waals surface area contributed by atoms with Crippen LogP contribution in [0.25, 0.3) is 11.6 Å². The van der Waals surface area contributed by atoms with Gasteiger partial charge in [0.25, 0.3) is 0 Å². The maximum absolute atomic E-state index is 12.1. The molecule has 0 bridgehead atoms. The maximum atomic E-state index is 12.1. The summed E-state index contributed by atoms with van der Waals surface area (Å²) < 4.78 is 11.6. The van der Waals surface area contributed by atoms with Crippen molar-refractivity contribution in [1.29, 1.82) is 0 Å². The molecule has 3 aromatic rings. The van der Waals surface area contributed by atoms with E-state index >= 15 is 0 Å². The first-order chi connectivity index (χ1) is 15.1. The highest BCUT2D eigenvalue weighted by atomic mass is 16.5. The van der Waals surface area contributed by atoms with Gasteiger partial charge in [0, 0.05) is 5.56 Å². The Balaban J connectivity index is 1.34. The molecule has 0 saturated heterocycles. The molecule has 31 heavy (non-hydrogen) atoms. The topological polar surface area (TPSA) is 35.5 Å². The van der Waals surface area contributed by atoms with Gasteiger partial charge in [-0.25, -0.2) is 0 Å². The third-order valence-corrected chi connectivity index (χ3v) is 4.79. The van der Waals surface area contributed by atoms with Crippen LogP contribution in [0.1, 0.15) is 41.3 Å². The van der Waals surface area contributed by atoms with E-state index in [0.29, 0.717) is 18.8 Å². The fourth-order valence-electron chi connectivity index (χ4n) is 2.97. The largest absolute Gasteiger partial charge is 0.494 e. The fourth-order valence-corrected chi connectivity index (χ4v) is 2.97. The molecule has 0 atom stereocenters. The van der Waals surface area contributed by atoms with E-state index in [-0.39, 0.29) is 5.78 Å². The minimum Gasteiger partial charge on any atom is -0.494 e. The second-order valence-electron chi connectivity index (χ2n) is 7.34. The van der Waals surface area contributed by atoms with E-state index in [0.717, 1.165) is 41.0 Å². The molecule has 0 radical (unpaired) electrons. The van der Waals surface area contributed by atoms with E-state index in [1.807, 2.05) is 91.9 Å². The fraction of sp³-hybridized carbons (Fsp3) is 0.179. The molecule has 158 valence electrons. The third-order valence-electron chi connectivity index (χ3n) is 4.79. The first kappa shape index (κ1) is 22.1. The summed E-state index contributed by atoms with van der Waals surface area (Å²) in [6, 6.07) is 25.0. The van der Waals surface area contributed by atoms with Crippen LogP contribution in [0, 0.1) is 0 Å². The van der Waals surface area contributed by atoms with Crippen molar-refractivity contribution in [1.82, 2.24) is 0 Å². The summed E-state index contributed by atoms with van der Waals surface area (Å²) >= 11 is 0. The molecule has 3 aromatic carbocycles. The predicted octanol–water partition coefficient (Wildman–Crippen LogP) is 6.85. The number of unbranched alkanes of at least 4 members (excludes halogenated alkanes) is 1. The third kappa shape index (κ3) is 7.31. The number of carbonyl (C=O) groups is 1. The van der Waals surface area contributed by atoms with Gasteiger partial charge in [-0.3, -0.25) is 4.79 Å². The first-order valence-corrected chi connectivity index (χ1v) is 10.5. The molecule has 0 saturated carbocycles. The standard InChI is InChI=1S/C28H28O3/c1-22(2)24-13-17-27(18-14-24)31-21-7-6-20-30-26-15-10-23(11-16-26)12-19-28(29)25-8-4-3-5-9-25/h3-5,8-19H,1,6-7,20-21H2,2H3. The van der Waals surface area contributed by atoms with E-state index < -0.39 is 0 Å². The SMILES string of the molecule is C=C(C)c1ccc(OCCCCOc2ccc(C=CC(=O)c3ccccc3)cc2)cc1. The normalized spacial score (nSPS) is 10.7. The van der Waals surface area contributed by atoms with Gasteiger partial charge < -0.3 is 9.47 Å². The molecule has 3 nitrogen and oxygen atoms in total. The Bertz CT molecular complexity index is 1000. The molecular formula is C28H28O3. The van der Waals surface area contributed by atoms with Crippen molar-refractivity contribution in [3.8, 4) is 11.5 Å².